The van der Waals surface area contributed by atoms with Crippen molar-refractivity contribution < 1.29 is 9.47 Å². The summed E-state index contributed by atoms with van der Waals surface area (Å²) < 4.78 is 14.0. The van der Waals surface area contributed by atoms with Gasteiger partial charge >= 0.3 is 0 Å². The van der Waals surface area contributed by atoms with E-state index in [4.69, 9.17) is 9.47 Å². The molecule has 3 heteroatoms. The Balaban J connectivity index is 1.07. The summed E-state index contributed by atoms with van der Waals surface area (Å²) in [6, 6.07) is 70.8. The van der Waals surface area contributed by atoms with Crippen molar-refractivity contribution in [2.75, 3.05) is 4.90 Å². The van der Waals surface area contributed by atoms with Gasteiger partial charge in [0.05, 0.1) is 16.5 Å². The average Bonchev–Trinajstić information content (AvgIpc) is 3.83. The number of benzene rings is 9. The van der Waals surface area contributed by atoms with Crippen molar-refractivity contribution in [1.29, 1.82) is 0 Å². The van der Waals surface area contributed by atoms with Gasteiger partial charge in [-0.1, -0.05) is 193 Å². The molecule has 2 spiro atoms. The highest BCUT2D eigenvalue weighted by Crippen LogP contribution is 2.65. The van der Waals surface area contributed by atoms with Crippen molar-refractivity contribution in [3.8, 4) is 39.5 Å². The Labute approximate surface area is 417 Å². The smallest absolute Gasteiger partial charge is 0.132 e. The molecular weight excluding hydrogens is 863 g/mol. The minimum atomic E-state index is -0.677. The molecule has 2 aliphatic heterocycles. The SMILES string of the molecule is CC(C)(C)c1ccc2c(c1)C1(c3ccccc3Oc3ccc(N(c4ccc5c(c4)C4(C6=C(CCC=C6)Oc6ccccc64)c4ccccc4-5)c4cccc5ccccc45)cc31)c1cc(C(C)(C)C)ccc1-2. The first-order valence-electron chi connectivity index (χ1n) is 25.4. The Kier molecular flexibility index (Phi) is 8.78. The predicted octanol–water partition coefficient (Wildman–Crippen LogP) is 17.7. The van der Waals surface area contributed by atoms with Crippen LogP contribution in [0.25, 0.3) is 33.0 Å². The number of fused-ring (bicyclic) bond motifs is 18. The number of ether oxygens (including phenoxy) is 2. The van der Waals surface area contributed by atoms with Crippen molar-refractivity contribution in [2.45, 2.75) is 76.0 Å². The summed E-state index contributed by atoms with van der Waals surface area (Å²) >= 11 is 0. The standard InChI is InChI=1S/C68H55NO2/c1-65(2,3)43-30-34-49-50-35-31-44(66(4,5)6)39-57(50)68(56(49)38-43)55-25-13-16-29-63(55)71-64-37-33-46(41-59(64)68)69(60-26-17-19-42-18-7-8-20-47(42)60)45-32-36-51-48-21-9-10-22-52(48)67(58(51)40-45)53-23-11-14-27-61(53)70-62-28-15-12-24-54(62)67/h7-14,16-27,29-41H,15,28H2,1-6H3. The Morgan fingerprint density at radius 3 is 1.65 bits per heavy atom. The van der Waals surface area contributed by atoms with Gasteiger partial charge in [0.15, 0.2) is 0 Å². The van der Waals surface area contributed by atoms with Crippen LogP contribution in [0.5, 0.6) is 17.2 Å². The highest BCUT2D eigenvalue weighted by atomic mass is 16.5. The van der Waals surface area contributed by atoms with E-state index in [9.17, 15) is 0 Å². The average molecular weight is 918 g/mol. The first kappa shape index (κ1) is 42.0. The van der Waals surface area contributed by atoms with Gasteiger partial charge in [-0.3, -0.25) is 0 Å². The summed E-state index contributed by atoms with van der Waals surface area (Å²) in [6.45, 7) is 14.0. The third-order valence-corrected chi connectivity index (χ3v) is 16.4. The summed E-state index contributed by atoms with van der Waals surface area (Å²) in [7, 11) is 0. The second-order valence-electron chi connectivity index (χ2n) is 22.3. The highest BCUT2D eigenvalue weighted by Gasteiger charge is 2.54. The lowest BCUT2D eigenvalue weighted by Gasteiger charge is -2.42. The second-order valence-corrected chi connectivity index (χ2v) is 22.3. The van der Waals surface area contributed by atoms with Crippen molar-refractivity contribution in [3.63, 3.8) is 0 Å². The molecular formula is C68H55NO2. The van der Waals surface area contributed by atoms with Gasteiger partial charge in [0.25, 0.3) is 0 Å². The number of anilines is 3. The Hall–Kier alpha value is -7.88. The van der Waals surface area contributed by atoms with E-state index in [1.165, 1.54) is 83.1 Å². The van der Waals surface area contributed by atoms with Crippen LogP contribution in [0.2, 0.25) is 0 Å². The first-order valence-corrected chi connectivity index (χ1v) is 25.4. The fourth-order valence-corrected chi connectivity index (χ4v) is 13.0. The zero-order valence-electron chi connectivity index (χ0n) is 41.2. The minimum absolute atomic E-state index is 0.0676. The largest absolute Gasteiger partial charge is 0.461 e. The summed E-state index contributed by atoms with van der Waals surface area (Å²) in [4.78, 5) is 2.51. The van der Waals surface area contributed by atoms with Gasteiger partial charge in [0, 0.05) is 45.4 Å². The normalized spacial score (nSPS) is 17.3. The molecule has 0 fully saturated rings. The van der Waals surface area contributed by atoms with Crippen LogP contribution in [-0.2, 0) is 21.7 Å². The van der Waals surface area contributed by atoms with Crippen LogP contribution >= 0.6 is 0 Å². The molecule has 71 heavy (non-hydrogen) atoms. The number of hydrogen-bond acceptors (Lipinski definition) is 3. The second kappa shape index (κ2) is 14.8. The van der Waals surface area contributed by atoms with Crippen molar-refractivity contribution in [2.24, 2.45) is 0 Å². The molecule has 9 aromatic carbocycles. The van der Waals surface area contributed by atoms with Crippen LogP contribution in [-0.4, -0.2) is 0 Å². The van der Waals surface area contributed by atoms with Gasteiger partial charge in [0.2, 0.25) is 0 Å². The lowest BCUT2D eigenvalue weighted by atomic mass is 9.64. The van der Waals surface area contributed by atoms with Crippen molar-refractivity contribution in [3.05, 3.63) is 262 Å². The molecule has 0 aromatic heterocycles. The summed E-state index contributed by atoms with van der Waals surface area (Å²) in [5, 5.41) is 2.37. The number of hydrogen-bond donors (Lipinski definition) is 0. The monoisotopic (exact) mass is 917 g/mol. The first-order chi connectivity index (χ1) is 34.5. The van der Waals surface area contributed by atoms with E-state index in [2.05, 4.69) is 247 Å². The quantitative estimate of drug-likeness (QED) is 0.176. The number of nitrogens with zero attached hydrogens (tertiary/aromatic N) is 1. The molecule has 9 aromatic rings. The topological polar surface area (TPSA) is 21.7 Å². The maximum absolute atomic E-state index is 7.12. The predicted molar refractivity (Wildman–Crippen MR) is 291 cm³/mol. The Morgan fingerprint density at radius 2 is 0.944 bits per heavy atom. The molecule has 0 amide bonds. The van der Waals surface area contributed by atoms with Crippen LogP contribution in [0, 0.1) is 0 Å². The molecule has 0 bridgehead atoms. The van der Waals surface area contributed by atoms with E-state index in [1.54, 1.807) is 0 Å². The third-order valence-electron chi connectivity index (χ3n) is 16.4. The van der Waals surface area contributed by atoms with Crippen LogP contribution < -0.4 is 14.4 Å². The van der Waals surface area contributed by atoms with Crippen molar-refractivity contribution in [1.82, 2.24) is 0 Å². The maximum atomic E-state index is 7.12. The molecule has 2 heterocycles. The van der Waals surface area contributed by atoms with Crippen LogP contribution in [0.15, 0.2) is 212 Å². The molecule has 0 saturated heterocycles. The summed E-state index contributed by atoms with van der Waals surface area (Å²) in [6.07, 6.45) is 6.51. The van der Waals surface area contributed by atoms with E-state index in [0.29, 0.717) is 0 Å². The van der Waals surface area contributed by atoms with E-state index in [0.717, 1.165) is 58.5 Å². The van der Waals surface area contributed by atoms with E-state index < -0.39 is 10.8 Å². The molecule has 0 N–H and O–H groups in total. The van der Waals surface area contributed by atoms with Gasteiger partial charge in [0.1, 0.15) is 23.0 Å². The van der Waals surface area contributed by atoms with Crippen LogP contribution in [0.4, 0.5) is 17.1 Å². The summed E-state index contributed by atoms with van der Waals surface area (Å²) in [5.41, 5.74) is 19.5. The van der Waals surface area contributed by atoms with Crippen molar-refractivity contribution >= 4 is 27.8 Å². The van der Waals surface area contributed by atoms with E-state index >= 15 is 0 Å². The molecule has 1 unspecified atom stereocenters. The molecule has 0 radical (unpaired) electrons. The summed E-state index contributed by atoms with van der Waals surface area (Å²) in [5.74, 6) is 3.76. The Morgan fingerprint density at radius 1 is 0.423 bits per heavy atom. The molecule has 3 aliphatic carbocycles. The van der Waals surface area contributed by atoms with Gasteiger partial charge in [-0.05, 0) is 127 Å². The molecule has 0 saturated carbocycles. The number of para-hydroxylation sites is 2. The van der Waals surface area contributed by atoms with Crippen LogP contribution in [0.1, 0.15) is 104 Å². The molecule has 344 valence electrons. The van der Waals surface area contributed by atoms with Gasteiger partial charge in [-0.2, -0.15) is 0 Å². The fraction of sp³-hybridized carbons (Fsp3) is 0.176. The van der Waals surface area contributed by atoms with Gasteiger partial charge in [-0.25, -0.2) is 0 Å². The Bertz CT molecular complexity index is 3750. The zero-order chi connectivity index (χ0) is 48.0. The van der Waals surface area contributed by atoms with E-state index in [-0.39, 0.29) is 10.8 Å². The number of rotatable bonds is 3. The molecule has 5 aliphatic rings. The number of allylic oxidation sites excluding steroid dienone is 4. The molecule has 14 rings (SSSR count). The lowest BCUT2D eigenvalue weighted by Crippen LogP contribution is -2.35. The fourth-order valence-electron chi connectivity index (χ4n) is 13.0. The minimum Gasteiger partial charge on any atom is -0.461 e. The van der Waals surface area contributed by atoms with Crippen LogP contribution in [0.3, 0.4) is 0 Å². The third kappa shape index (κ3) is 5.78. The highest BCUT2D eigenvalue weighted by molar-refractivity contribution is 6.00. The van der Waals surface area contributed by atoms with Gasteiger partial charge in [-0.15, -0.1) is 0 Å². The zero-order valence-corrected chi connectivity index (χ0v) is 41.2. The van der Waals surface area contributed by atoms with E-state index in [1.807, 2.05) is 0 Å². The molecule has 3 nitrogen and oxygen atoms in total. The van der Waals surface area contributed by atoms with Gasteiger partial charge < -0.3 is 14.4 Å². The lowest BCUT2D eigenvalue weighted by molar-refractivity contribution is 0.364. The molecule has 1 atom stereocenters. The maximum Gasteiger partial charge on any atom is 0.132 e.